The van der Waals surface area contributed by atoms with Crippen LogP contribution in [0.4, 0.5) is 4.39 Å². The molecule has 2 rings (SSSR count). The first-order valence-electron chi connectivity index (χ1n) is 6.63. The molecule has 0 spiro atoms. The van der Waals surface area contributed by atoms with E-state index in [1.165, 1.54) is 25.0 Å². The summed E-state index contributed by atoms with van der Waals surface area (Å²) in [5.74, 6) is 0.998. The fraction of sp³-hybridized carbons (Fsp3) is 0.600. The van der Waals surface area contributed by atoms with E-state index in [2.05, 4.69) is 29.8 Å². The lowest BCUT2D eigenvalue weighted by Crippen LogP contribution is -2.51. The molecule has 0 bridgehead atoms. The van der Waals surface area contributed by atoms with Gasteiger partial charge in [0.15, 0.2) is 0 Å². The molecule has 0 heterocycles. The smallest absolute Gasteiger partial charge is 0.124 e. The normalized spacial score (nSPS) is 32.5. The second-order valence-electron chi connectivity index (χ2n) is 5.93. The highest BCUT2D eigenvalue weighted by Crippen LogP contribution is 2.38. The Morgan fingerprint density at radius 2 is 2.11 bits per heavy atom. The maximum Gasteiger partial charge on any atom is 0.124 e. The average Bonchev–Trinajstić information content (AvgIpc) is 2.28. The van der Waals surface area contributed by atoms with Crippen molar-refractivity contribution in [1.82, 2.24) is 0 Å². The third-order valence-corrected chi connectivity index (χ3v) is 5.08. The second kappa shape index (κ2) is 5.30. The highest BCUT2D eigenvalue weighted by Gasteiger charge is 2.37. The number of benzene rings is 1. The van der Waals surface area contributed by atoms with Crippen molar-refractivity contribution in [2.75, 3.05) is 0 Å². The van der Waals surface area contributed by atoms with E-state index in [9.17, 15) is 4.39 Å². The summed E-state index contributed by atoms with van der Waals surface area (Å²) >= 11 is 3.44. The quantitative estimate of drug-likeness (QED) is 0.866. The summed E-state index contributed by atoms with van der Waals surface area (Å²) in [5.41, 5.74) is 7.57. The van der Waals surface area contributed by atoms with Crippen LogP contribution in [0.25, 0.3) is 0 Å². The molecule has 1 aliphatic rings. The van der Waals surface area contributed by atoms with Crippen LogP contribution in [0.3, 0.4) is 0 Å². The van der Waals surface area contributed by atoms with Crippen LogP contribution in [0.1, 0.15) is 38.7 Å². The molecular formula is C15H21BrFN. The lowest BCUT2D eigenvalue weighted by Gasteiger charge is -2.42. The Morgan fingerprint density at radius 1 is 1.39 bits per heavy atom. The fourth-order valence-corrected chi connectivity index (χ4v) is 3.53. The molecule has 18 heavy (non-hydrogen) atoms. The lowest BCUT2D eigenvalue weighted by atomic mass is 9.68. The van der Waals surface area contributed by atoms with Crippen molar-refractivity contribution in [1.29, 1.82) is 0 Å². The van der Waals surface area contributed by atoms with Gasteiger partial charge in [-0.15, -0.1) is 0 Å². The number of rotatable bonds is 2. The Bertz CT molecular complexity index is 435. The minimum Gasteiger partial charge on any atom is -0.325 e. The number of nitrogens with two attached hydrogens (primary N) is 1. The largest absolute Gasteiger partial charge is 0.325 e. The first kappa shape index (κ1) is 14.0. The molecule has 0 saturated heterocycles. The molecular weight excluding hydrogens is 293 g/mol. The molecule has 100 valence electrons. The zero-order valence-electron chi connectivity index (χ0n) is 11.0. The molecule has 1 saturated carbocycles. The fourth-order valence-electron chi connectivity index (χ4n) is 3.04. The van der Waals surface area contributed by atoms with Crippen molar-refractivity contribution in [3.8, 4) is 0 Å². The maximum absolute atomic E-state index is 13.1. The summed E-state index contributed by atoms with van der Waals surface area (Å²) in [6.07, 6.45) is 4.33. The zero-order valence-corrected chi connectivity index (χ0v) is 12.6. The molecule has 1 fully saturated rings. The molecule has 1 aliphatic carbocycles. The Balaban J connectivity index is 2.20. The number of hydrogen-bond donors (Lipinski definition) is 1. The Kier molecular flexibility index (Phi) is 4.12. The van der Waals surface area contributed by atoms with Gasteiger partial charge in [0.1, 0.15) is 5.82 Å². The number of halogens is 2. The van der Waals surface area contributed by atoms with Crippen LogP contribution < -0.4 is 5.73 Å². The van der Waals surface area contributed by atoms with E-state index in [1.807, 2.05) is 6.07 Å². The monoisotopic (exact) mass is 313 g/mol. The molecule has 1 aromatic carbocycles. The number of hydrogen-bond acceptors (Lipinski definition) is 1. The van der Waals surface area contributed by atoms with Crippen molar-refractivity contribution < 1.29 is 4.39 Å². The van der Waals surface area contributed by atoms with E-state index in [-0.39, 0.29) is 11.4 Å². The zero-order chi connectivity index (χ0) is 13.3. The molecule has 3 atom stereocenters. The summed E-state index contributed by atoms with van der Waals surface area (Å²) in [5, 5.41) is 0. The molecule has 2 N–H and O–H groups in total. The Hall–Kier alpha value is -0.410. The molecule has 3 unspecified atom stereocenters. The van der Waals surface area contributed by atoms with Gasteiger partial charge in [0, 0.05) is 10.0 Å². The van der Waals surface area contributed by atoms with Gasteiger partial charge >= 0.3 is 0 Å². The molecule has 0 aromatic heterocycles. The summed E-state index contributed by atoms with van der Waals surface area (Å²) < 4.78 is 13.9. The van der Waals surface area contributed by atoms with E-state index in [4.69, 9.17) is 5.73 Å². The SMILES string of the molecule is CC1CCC(C)C(N)(Cc2ccc(F)cc2Br)C1. The predicted octanol–water partition coefficient (Wildman–Crippen LogP) is 4.28. The van der Waals surface area contributed by atoms with Crippen LogP contribution in [-0.2, 0) is 6.42 Å². The van der Waals surface area contributed by atoms with Crippen molar-refractivity contribution in [3.05, 3.63) is 34.1 Å². The van der Waals surface area contributed by atoms with Gasteiger partial charge in [-0.25, -0.2) is 4.39 Å². The van der Waals surface area contributed by atoms with Gasteiger partial charge in [0.2, 0.25) is 0 Å². The van der Waals surface area contributed by atoms with Gasteiger partial charge in [-0.3, -0.25) is 0 Å². The standard InChI is InChI=1S/C15H21BrFN/c1-10-3-4-11(2)15(18,8-10)9-12-5-6-13(17)7-14(12)16/h5-7,10-11H,3-4,8-9,18H2,1-2H3. The van der Waals surface area contributed by atoms with Crippen molar-refractivity contribution >= 4 is 15.9 Å². The molecule has 1 aromatic rings. The molecule has 3 heteroatoms. The van der Waals surface area contributed by atoms with Gasteiger partial charge in [-0.2, -0.15) is 0 Å². The second-order valence-corrected chi connectivity index (χ2v) is 6.79. The Labute approximate surface area is 117 Å². The highest BCUT2D eigenvalue weighted by atomic mass is 79.9. The predicted molar refractivity (Wildman–Crippen MR) is 76.9 cm³/mol. The summed E-state index contributed by atoms with van der Waals surface area (Å²) in [6, 6.07) is 4.88. The topological polar surface area (TPSA) is 26.0 Å². The minimum atomic E-state index is -0.207. The first-order valence-corrected chi connectivity index (χ1v) is 7.43. The van der Waals surface area contributed by atoms with Gasteiger partial charge < -0.3 is 5.73 Å². The average molecular weight is 314 g/mol. The lowest BCUT2D eigenvalue weighted by molar-refractivity contribution is 0.161. The Morgan fingerprint density at radius 3 is 2.78 bits per heavy atom. The van der Waals surface area contributed by atoms with E-state index >= 15 is 0 Å². The van der Waals surface area contributed by atoms with Crippen molar-refractivity contribution in [2.45, 2.75) is 45.1 Å². The van der Waals surface area contributed by atoms with E-state index in [0.717, 1.165) is 22.9 Å². The van der Waals surface area contributed by atoms with Crippen LogP contribution in [0.15, 0.2) is 22.7 Å². The van der Waals surface area contributed by atoms with Crippen LogP contribution in [0.5, 0.6) is 0 Å². The van der Waals surface area contributed by atoms with Gasteiger partial charge in [-0.1, -0.05) is 42.3 Å². The van der Waals surface area contributed by atoms with Crippen LogP contribution in [0.2, 0.25) is 0 Å². The minimum absolute atomic E-state index is 0.155. The van der Waals surface area contributed by atoms with E-state index in [1.54, 1.807) is 0 Å². The summed E-state index contributed by atoms with van der Waals surface area (Å²) in [6.45, 7) is 4.51. The van der Waals surface area contributed by atoms with Crippen LogP contribution >= 0.6 is 15.9 Å². The first-order chi connectivity index (χ1) is 8.40. The van der Waals surface area contributed by atoms with Crippen LogP contribution in [0, 0.1) is 17.7 Å². The van der Waals surface area contributed by atoms with Gasteiger partial charge in [0.25, 0.3) is 0 Å². The summed E-state index contributed by atoms with van der Waals surface area (Å²) in [7, 11) is 0. The van der Waals surface area contributed by atoms with Crippen molar-refractivity contribution in [3.63, 3.8) is 0 Å². The molecule has 0 radical (unpaired) electrons. The third kappa shape index (κ3) is 2.94. The van der Waals surface area contributed by atoms with Crippen LogP contribution in [-0.4, -0.2) is 5.54 Å². The van der Waals surface area contributed by atoms with E-state index in [0.29, 0.717) is 11.8 Å². The third-order valence-electron chi connectivity index (χ3n) is 4.34. The van der Waals surface area contributed by atoms with Gasteiger partial charge in [0.05, 0.1) is 0 Å². The molecule has 1 nitrogen and oxygen atoms in total. The molecule has 0 aliphatic heterocycles. The van der Waals surface area contributed by atoms with Crippen molar-refractivity contribution in [2.24, 2.45) is 17.6 Å². The molecule has 0 amide bonds. The van der Waals surface area contributed by atoms with E-state index < -0.39 is 0 Å². The maximum atomic E-state index is 13.1. The highest BCUT2D eigenvalue weighted by molar-refractivity contribution is 9.10. The van der Waals surface area contributed by atoms with Gasteiger partial charge in [-0.05, 0) is 48.8 Å². The summed E-state index contributed by atoms with van der Waals surface area (Å²) in [4.78, 5) is 0.